The summed E-state index contributed by atoms with van der Waals surface area (Å²) in [5.41, 5.74) is 0. The summed E-state index contributed by atoms with van der Waals surface area (Å²) in [7, 11) is -6.97. The molecule has 0 heterocycles. The number of hydrogen-bond donors (Lipinski definition) is 0. The summed E-state index contributed by atoms with van der Waals surface area (Å²) in [5, 5.41) is 0. The Morgan fingerprint density at radius 1 is 0.487 bits per heavy atom. The van der Waals surface area contributed by atoms with E-state index >= 15 is 0 Å². The van der Waals surface area contributed by atoms with Crippen LogP contribution in [-0.4, -0.2) is 58.0 Å². The van der Waals surface area contributed by atoms with Gasteiger partial charge in [0.05, 0.1) is 42.7 Å². The quantitative estimate of drug-likeness (QED) is 0.0893. The molecule has 0 N–H and O–H groups in total. The van der Waals surface area contributed by atoms with Crippen molar-refractivity contribution in [1.82, 2.24) is 9.21 Å². The van der Waals surface area contributed by atoms with Gasteiger partial charge in [0.1, 0.15) is 10.7 Å². The van der Waals surface area contributed by atoms with Gasteiger partial charge in [-0.15, -0.1) is 4.52 Å². The van der Waals surface area contributed by atoms with Crippen LogP contribution >= 0.6 is 33.6 Å². The maximum Gasteiger partial charge on any atom is 0.520 e. The number of nitrogens with zero attached hydrogens (tertiary/aromatic N) is 3. The fraction of sp³-hybridized carbons (Fsp3) is 1.00. The highest BCUT2D eigenvalue weighted by molar-refractivity contribution is 7.68. The zero-order chi connectivity index (χ0) is 30.4. The highest BCUT2D eigenvalue weighted by atomic mass is 31.2. The third kappa shape index (κ3) is 19.0. The summed E-state index contributed by atoms with van der Waals surface area (Å²) >= 11 is 0. The smallest absolute Gasteiger partial charge is 0.323 e. The van der Waals surface area contributed by atoms with Crippen LogP contribution in [0.3, 0.4) is 0 Å². The van der Waals surface area contributed by atoms with Crippen molar-refractivity contribution in [2.24, 2.45) is 4.52 Å². The van der Waals surface area contributed by atoms with Crippen molar-refractivity contribution in [3.05, 3.63) is 0 Å². The Kier molecular flexibility index (Phi) is 21.3. The molecule has 0 bridgehead atoms. The van der Waals surface area contributed by atoms with Crippen molar-refractivity contribution in [2.75, 3.05) is 0 Å². The average Bonchev–Trinajstić information content (AvgIpc) is 2.71. The minimum atomic E-state index is -1.82. The fourth-order valence-corrected chi connectivity index (χ4v) is 10.0. The van der Waals surface area contributed by atoms with Crippen molar-refractivity contribution < 1.29 is 36.8 Å². The molecule has 0 spiro atoms. The molecule has 234 valence electrons. The first-order chi connectivity index (χ1) is 17.9. The molecule has 11 nitrogen and oxygen atoms in total. The first kappa shape index (κ1) is 40.0. The van der Waals surface area contributed by atoms with E-state index in [9.17, 15) is 0 Å². The van der Waals surface area contributed by atoms with Crippen LogP contribution in [0.4, 0.5) is 0 Å². The van der Waals surface area contributed by atoms with E-state index in [1.54, 1.807) is 9.21 Å². The van der Waals surface area contributed by atoms with E-state index in [1.165, 1.54) is 0 Å². The molecule has 2 unspecified atom stereocenters. The van der Waals surface area contributed by atoms with Gasteiger partial charge in [-0.2, -0.15) is 0 Å². The number of hydrogen-bond acceptors (Lipinski definition) is 10. The lowest BCUT2D eigenvalue weighted by atomic mass is 10.5. The van der Waals surface area contributed by atoms with Gasteiger partial charge in [-0.1, -0.05) is 0 Å². The van der Waals surface area contributed by atoms with E-state index in [4.69, 9.17) is 41.3 Å². The standard InChI is InChI=1S/C24H56N3O8P4/c1-17(2)28-26(36(30-19(5)6)25-37(31-20(7)8)32-21(9)10)38(33-22(11)12)27(29-18(3)4)39(34-23(13)14)35-24(15)16/h17-24H,1-16H3/q+1. The molecule has 15 heteroatoms. The second kappa shape index (κ2) is 20.8. The number of rotatable bonds is 21. The molecule has 2 atom stereocenters. The highest BCUT2D eigenvalue weighted by Gasteiger charge is 2.50. The Hall–Kier alpha value is 0.990. The summed E-state index contributed by atoms with van der Waals surface area (Å²) in [6.07, 6.45) is -1.16. The van der Waals surface area contributed by atoms with E-state index in [0.29, 0.717) is 0 Å². The Morgan fingerprint density at radius 2 is 0.897 bits per heavy atom. The van der Waals surface area contributed by atoms with E-state index in [2.05, 4.69) is 0 Å². The lowest BCUT2D eigenvalue weighted by Crippen LogP contribution is -2.31. The molecule has 0 aliphatic rings. The third-order valence-corrected chi connectivity index (χ3v) is 11.3. The van der Waals surface area contributed by atoms with Crippen molar-refractivity contribution >= 4 is 33.6 Å². The lowest BCUT2D eigenvalue weighted by Gasteiger charge is -2.37. The Bertz CT molecular complexity index is 653. The molecule has 39 heavy (non-hydrogen) atoms. The first-order valence-corrected chi connectivity index (χ1v) is 18.4. The summed E-state index contributed by atoms with van der Waals surface area (Å²) in [6.45, 7) is 31.3. The molecule has 0 saturated carbocycles. The summed E-state index contributed by atoms with van der Waals surface area (Å²) in [5.74, 6) is 0. The molecule has 0 aliphatic carbocycles. The van der Waals surface area contributed by atoms with Crippen molar-refractivity contribution in [3.63, 3.8) is 0 Å². The monoisotopic (exact) mass is 638 g/mol. The van der Waals surface area contributed by atoms with Gasteiger partial charge in [0.25, 0.3) is 8.53 Å². The van der Waals surface area contributed by atoms with Gasteiger partial charge in [0, 0.05) is 4.52 Å². The van der Waals surface area contributed by atoms with Crippen LogP contribution in [0.25, 0.3) is 0 Å². The SMILES string of the molecule is CC(C)ON(P(OC(C)C)OC(C)C)P(OC(C)C)N(OC(C)C)[P+](=NP(OC(C)C)OC(C)C)OC(C)C. The van der Waals surface area contributed by atoms with Crippen molar-refractivity contribution in [2.45, 2.75) is 160 Å². The largest absolute Gasteiger partial charge is 0.520 e. The molecule has 0 amide bonds. The predicted octanol–water partition coefficient (Wildman–Crippen LogP) is 10.00. The molecule has 0 rings (SSSR count). The van der Waals surface area contributed by atoms with Crippen LogP contribution < -0.4 is 0 Å². The van der Waals surface area contributed by atoms with Crippen LogP contribution in [0.2, 0.25) is 0 Å². The zero-order valence-electron chi connectivity index (χ0n) is 27.0. The Balaban J connectivity index is 7.12. The summed E-state index contributed by atoms with van der Waals surface area (Å²) < 4.78 is 46.0. The van der Waals surface area contributed by atoms with Crippen LogP contribution in [0, 0.1) is 0 Å². The van der Waals surface area contributed by atoms with Gasteiger partial charge >= 0.3 is 25.1 Å². The molecule has 0 aromatic carbocycles. The van der Waals surface area contributed by atoms with Crippen LogP contribution in [0.15, 0.2) is 4.52 Å². The molecule has 0 aromatic rings. The van der Waals surface area contributed by atoms with Gasteiger partial charge in [0.15, 0.2) is 0 Å². The summed E-state index contributed by atoms with van der Waals surface area (Å²) in [4.78, 5) is 12.8. The van der Waals surface area contributed by atoms with Crippen molar-refractivity contribution in [3.8, 4) is 0 Å². The van der Waals surface area contributed by atoms with Crippen LogP contribution in [-0.2, 0) is 36.8 Å². The van der Waals surface area contributed by atoms with E-state index in [0.717, 1.165) is 0 Å². The normalized spacial score (nSPS) is 14.7. The average molecular weight is 639 g/mol. The van der Waals surface area contributed by atoms with Gasteiger partial charge in [-0.25, -0.2) is 4.84 Å². The van der Waals surface area contributed by atoms with Crippen LogP contribution in [0.1, 0.15) is 111 Å². The van der Waals surface area contributed by atoms with E-state index < -0.39 is 33.6 Å². The maximum atomic E-state index is 6.55. The highest BCUT2D eigenvalue weighted by Crippen LogP contribution is 2.68. The van der Waals surface area contributed by atoms with Crippen LogP contribution in [0.5, 0.6) is 0 Å². The Labute approximate surface area is 243 Å². The Morgan fingerprint density at radius 3 is 1.23 bits per heavy atom. The lowest BCUT2D eigenvalue weighted by molar-refractivity contribution is -0.114. The van der Waals surface area contributed by atoms with Crippen molar-refractivity contribution in [1.29, 1.82) is 0 Å². The fourth-order valence-electron chi connectivity index (χ4n) is 2.24. The topological polar surface area (TPSA) is 92.7 Å². The molecular weight excluding hydrogens is 582 g/mol. The second-order valence-electron chi connectivity index (χ2n) is 10.8. The van der Waals surface area contributed by atoms with Gasteiger partial charge in [-0.3, -0.25) is 4.84 Å². The van der Waals surface area contributed by atoms with E-state index in [1.807, 2.05) is 111 Å². The van der Waals surface area contributed by atoms with Gasteiger partial charge < -0.3 is 22.6 Å². The minimum absolute atomic E-state index is 0.0881. The van der Waals surface area contributed by atoms with E-state index in [-0.39, 0.29) is 48.8 Å². The summed E-state index contributed by atoms with van der Waals surface area (Å²) in [6, 6.07) is 0. The third-order valence-electron chi connectivity index (χ3n) is 3.15. The molecular formula is C24H56N3O8P4+. The molecule has 0 aromatic heterocycles. The zero-order valence-corrected chi connectivity index (χ0v) is 30.6. The molecule has 0 fully saturated rings. The first-order valence-electron chi connectivity index (χ1n) is 13.8. The predicted molar refractivity (Wildman–Crippen MR) is 164 cm³/mol. The molecule has 0 saturated heterocycles. The molecule has 0 aliphatic heterocycles. The second-order valence-corrected chi connectivity index (χ2v) is 16.8. The van der Waals surface area contributed by atoms with Gasteiger partial charge in [-0.05, 0) is 115 Å². The minimum Gasteiger partial charge on any atom is -0.323 e. The van der Waals surface area contributed by atoms with Gasteiger partial charge in [0.2, 0.25) is 0 Å². The maximum absolute atomic E-state index is 6.55. The molecule has 0 radical (unpaired) electrons.